The van der Waals surface area contributed by atoms with Crippen molar-refractivity contribution in [2.24, 2.45) is 0 Å². The summed E-state index contributed by atoms with van der Waals surface area (Å²) in [4.78, 5) is 12.1. The summed E-state index contributed by atoms with van der Waals surface area (Å²) in [5, 5.41) is 2.90. The Bertz CT molecular complexity index is 393. The first-order valence-electron chi connectivity index (χ1n) is 6.68. The van der Waals surface area contributed by atoms with Gasteiger partial charge in [-0.3, -0.25) is 4.79 Å². The van der Waals surface area contributed by atoms with Crippen LogP contribution in [-0.4, -0.2) is 23.9 Å². The van der Waals surface area contributed by atoms with Crippen molar-refractivity contribution >= 4 is 21.8 Å². The van der Waals surface area contributed by atoms with Crippen LogP contribution < -0.4 is 10.1 Å². The van der Waals surface area contributed by atoms with Gasteiger partial charge >= 0.3 is 0 Å². The molecule has 19 heavy (non-hydrogen) atoms. The Labute approximate surface area is 123 Å². The van der Waals surface area contributed by atoms with Crippen molar-refractivity contribution in [1.82, 2.24) is 5.32 Å². The van der Waals surface area contributed by atoms with E-state index < -0.39 is 0 Å². The lowest BCUT2D eigenvalue weighted by Gasteiger charge is -2.08. The fourth-order valence-electron chi connectivity index (χ4n) is 1.67. The highest BCUT2D eigenvalue weighted by molar-refractivity contribution is 9.09. The van der Waals surface area contributed by atoms with Gasteiger partial charge in [-0.2, -0.15) is 0 Å². The molecule has 0 aromatic heterocycles. The summed E-state index contributed by atoms with van der Waals surface area (Å²) < 4.78 is 5.53. The Morgan fingerprint density at radius 3 is 2.95 bits per heavy atom. The molecule has 106 valence electrons. The zero-order valence-corrected chi connectivity index (χ0v) is 13.2. The Kier molecular flexibility index (Phi) is 7.56. The van der Waals surface area contributed by atoms with Gasteiger partial charge in [0.1, 0.15) is 5.75 Å². The zero-order valence-electron chi connectivity index (χ0n) is 11.6. The summed E-state index contributed by atoms with van der Waals surface area (Å²) >= 11 is 3.48. The molecule has 0 aliphatic rings. The van der Waals surface area contributed by atoms with Crippen molar-refractivity contribution < 1.29 is 9.53 Å². The fourth-order valence-corrected chi connectivity index (χ4v) is 1.99. The van der Waals surface area contributed by atoms with E-state index in [0.717, 1.165) is 30.7 Å². The quantitative estimate of drug-likeness (QED) is 0.586. The van der Waals surface area contributed by atoms with Gasteiger partial charge in [0.15, 0.2) is 0 Å². The van der Waals surface area contributed by atoms with Gasteiger partial charge in [0.05, 0.1) is 13.0 Å². The lowest BCUT2D eigenvalue weighted by molar-refractivity contribution is -0.121. The molecular formula is C15H22BrNO2. The van der Waals surface area contributed by atoms with E-state index >= 15 is 0 Å². The number of ether oxygens (including phenoxy) is 1. The van der Waals surface area contributed by atoms with Gasteiger partial charge in [-0.1, -0.05) is 35.0 Å². The SMILES string of the molecule is Cc1cccc(OCCC(=O)NCCCC(C)Br)c1. The maximum absolute atomic E-state index is 11.5. The van der Waals surface area contributed by atoms with Crippen LogP contribution in [0.5, 0.6) is 5.75 Å². The third-order valence-corrected chi connectivity index (χ3v) is 3.15. The molecule has 1 unspecified atom stereocenters. The summed E-state index contributed by atoms with van der Waals surface area (Å²) in [6.45, 7) is 5.28. The van der Waals surface area contributed by atoms with Crippen molar-refractivity contribution in [1.29, 1.82) is 0 Å². The number of nitrogens with one attached hydrogen (secondary N) is 1. The number of carbonyl (C=O) groups is 1. The molecule has 0 bridgehead atoms. The van der Waals surface area contributed by atoms with Crippen LogP contribution in [0.1, 0.15) is 31.7 Å². The minimum atomic E-state index is 0.0508. The molecule has 3 nitrogen and oxygen atoms in total. The normalized spacial score (nSPS) is 11.9. The first-order chi connectivity index (χ1) is 9.08. The molecule has 4 heteroatoms. The van der Waals surface area contributed by atoms with E-state index in [0.29, 0.717) is 17.9 Å². The lowest BCUT2D eigenvalue weighted by atomic mass is 10.2. The van der Waals surface area contributed by atoms with Crippen LogP contribution in [0.25, 0.3) is 0 Å². The molecule has 1 aromatic carbocycles. The minimum Gasteiger partial charge on any atom is -0.493 e. The molecule has 1 N–H and O–H groups in total. The number of benzene rings is 1. The van der Waals surface area contributed by atoms with Crippen molar-refractivity contribution in [3.8, 4) is 5.75 Å². The topological polar surface area (TPSA) is 38.3 Å². The molecule has 1 amide bonds. The Morgan fingerprint density at radius 2 is 2.26 bits per heavy atom. The van der Waals surface area contributed by atoms with E-state index in [9.17, 15) is 4.79 Å². The van der Waals surface area contributed by atoms with E-state index in [1.807, 2.05) is 31.2 Å². The van der Waals surface area contributed by atoms with Crippen molar-refractivity contribution in [3.05, 3.63) is 29.8 Å². The molecule has 0 saturated heterocycles. The van der Waals surface area contributed by atoms with E-state index in [4.69, 9.17) is 4.74 Å². The summed E-state index contributed by atoms with van der Waals surface area (Å²) in [7, 11) is 0. The third kappa shape index (κ3) is 7.88. The van der Waals surface area contributed by atoms with Crippen molar-refractivity contribution in [3.63, 3.8) is 0 Å². The predicted molar refractivity (Wildman–Crippen MR) is 81.9 cm³/mol. The van der Waals surface area contributed by atoms with Gasteiger partial charge in [-0.25, -0.2) is 0 Å². The maximum Gasteiger partial charge on any atom is 0.223 e. The van der Waals surface area contributed by atoms with Gasteiger partial charge in [0, 0.05) is 11.4 Å². The summed E-state index contributed by atoms with van der Waals surface area (Å²) in [5.41, 5.74) is 1.16. The van der Waals surface area contributed by atoms with E-state index in [1.54, 1.807) is 0 Å². The molecule has 0 fully saturated rings. The van der Waals surface area contributed by atoms with Crippen LogP contribution in [0.3, 0.4) is 0 Å². The van der Waals surface area contributed by atoms with Crippen LogP contribution in [-0.2, 0) is 4.79 Å². The molecule has 0 saturated carbocycles. The molecule has 0 spiro atoms. The van der Waals surface area contributed by atoms with E-state index in [-0.39, 0.29) is 5.91 Å². The zero-order chi connectivity index (χ0) is 14.1. The van der Waals surface area contributed by atoms with Gasteiger partial charge < -0.3 is 10.1 Å². The van der Waals surface area contributed by atoms with Crippen LogP contribution in [0.4, 0.5) is 0 Å². The average Bonchev–Trinajstić information content (AvgIpc) is 2.34. The second kappa shape index (κ2) is 8.97. The van der Waals surface area contributed by atoms with Crippen LogP contribution in [0.2, 0.25) is 0 Å². The van der Waals surface area contributed by atoms with Crippen LogP contribution >= 0.6 is 15.9 Å². The number of hydrogen-bond donors (Lipinski definition) is 1. The van der Waals surface area contributed by atoms with Crippen molar-refractivity contribution in [2.45, 2.75) is 37.9 Å². The highest BCUT2D eigenvalue weighted by Gasteiger charge is 2.02. The second-order valence-electron chi connectivity index (χ2n) is 4.69. The number of alkyl halides is 1. The van der Waals surface area contributed by atoms with Crippen LogP contribution in [0.15, 0.2) is 24.3 Å². The van der Waals surface area contributed by atoms with E-state index in [2.05, 4.69) is 28.2 Å². The molecule has 0 heterocycles. The standard InChI is InChI=1S/C15H22BrNO2/c1-12-5-3-7-14(11-12)19-10-8-15(18)17-9-4-6-13(2)16/h3,5,7,11,13H,4,6,8-10H2,1-2H3,(H,17,18). The first kappa shape index (κ1) is 16.0. The summed E-state index contributed by atoms with van der Waals surface area (Å²) in [6, 6.07) is 7.84. The first-order valence-corrected chi connectivity index (χ1v) is 7.59. The second-order valence-corrected chi connectivity index (χ2v) is 6.25. The Hall–Kier alpha value is -1.03. The van der Waals surface area contributed by atoms with Gasteiger partial charge in [0.2, 0.25) is 5.91 Å². The Balaban J connectivity index is 2.10. The summed E-state index contributed by atoms with van der Waals surface area (Å²) in [6.07, 6.45) is 2.47. The molecule has 1 rings (SSSR count). The smallest absolute Gasteiger partial charge is 0.223 e. The molecule has 1 atom stereocenters. The highest BCUT2D eigenvalue weighted by Crippen LogP contribution is 2.12. The predicted octanol–water partition coefficient (Wildman–Crippen LogP) is 3.44. The maximum atomic E-state index is 11.5. The monoisotopic (exact) mass is 327 g/mol. The molecule has 1 aromatic rings. The third-order valence-electron chi connectivity index (χ3n) is 2.69. The van der Waals surface area contributed by atoms with Gasteiger partial charge in [0.25, 0.3) is 0 Å². The number of rotatable bonds is 8. The van der Waals surface area contributed by atoms with E-state index in [1.165, 1.54) is 0 Å². The highest BCUT2D eigenvalue weighted by atomic mass is 79.9. The summed E-state index contributed by atoms with van der Waals surface area (Å²) in [5.74, 6) is 0.871. The number of aryl methyl sites for hydroxylation is 1. The molecule has 0 aliphatic heterocycles. The molecule has 0 aliphatic carbocycles. The largest absolute Gasteiger partial charge is 0.493 e. The van der Waals surface area contributed by atoms with Gasteiger partial charge in [-0.05, 0) is 37.5 Å². The number of halogens is 1. The van der Waals surface area contributed by atoms with Gasteiger partial charge in [-0.15, -0.1) is 0 Å². The lowest BCUT2D eigenvalue weighted by Crippen LogP contribution is -2.26. The number of amides is 1. The molecule has 0 radical (unpaired) electrons. The number of hydrogen-bond acceptors (Lipinski definition) is 2. The fraction of sp³-hybridized carbons (Fsp3) is 0.533. The minimum absolute atomic E-state index is 0.0508. The Morgan fingerprint density at radius 1 is 1.47 bits per heavy atom. The van der Waals surface area contributed by atoms with Crippen molar-refractivity contribution in [2.75, 3.05) is 13.2 Å². The average molecular weight is 328 g/mol. The van der Waals surface area contributed by atoms with Crippen LogP contribution in [0, 0.1) is 6.92 Å². The number of carbonyl (C=O) groups excluding carboxylic acids is 1. The molecular weight excluding hydrogens is 306 g/mol.